The van der Waals surface area contributed by atoms with Crippen molar-refractivity contribution in [3.63, 3.8) is 0 Å². The van der Waals surface area contributed by atoms with Gasteiger partial charge in [-0.05, 0) is 32.4 Å². The van der Waals surface area contributed by atoms with Crippen LogP contribution in [0, 0.1) is 6.92 Å². The molecule has 1 unspecified atom stereocenters. The van der Waals surface area contributed by atoms with Gasteiger partial charge in [-0.25, -0.2) is 0 Å². The Balaban J connectivity index is 1.82. The second kappa shape index (κ2) is 8.03. The molecule has 2 aromatic heterocycles. The van der Waals surface area contributed by atoms with Gasteiger partial charge in [0.05, 0.1) is 6.20 Å². The van der Waals surface area contributed by atoms with Gasteiger partial charge in [0, 0.05) is 18.2 Å². The molecule has 4 nitrogen and oxygen atoms in total. The fourth-order valence-corrected chi connectivity index (χ4v) is 2.49. The second-order valence-electron chi connectivity index (χ2n) is 5.81. The Hall–Kier alpha value is -1.55. The highest BCUT2D eigenvalue weighted by molar-refractivity contribution is 5.56. The van der Waals surface area contributed by atoms with Crippen LogP contribution in [0.1, 0.15) is 57.3 Å². The Kier molecular flexibility index (Phi) is 6.05. The molecule has 0 aromatic carbocycles. The number of hydrogen-bond acceptors (Lipinski definition) is 3. The first-order valence-corrected chi connectivity index (χ1v) is 8.03. The van der Waals surface area contributed by atoms with Crippen molar-refractivity contribution in [1.82, 2.24) is 15.5 Å². The smallest absolute Gasteiger partial charge is 0.152 e. The molecule has 2 aromatic rings. The van der Waals surface area contributed by atoms with Crippen molar-refractivity contribution in [3.05, 3.63) is 29.7 Å². The summed E-state index contributed by atoms with van der Waals surface area (Å²) in [4.78, 5) is 0. The second-order valence-corrected chi connectivity index (χ2v) is 5.81. The first-order valence-electron chi connectivity index (χ1n) is 8.03. The summed E-state index contributed by atoms with van der Waals surface area (Å²) in [7, 11) is 0. The molecule has 116 valence electrons. The average molecular weight is 289 g/mol. The van der Waals surface area contributed by atoms with Crippen LogP contribution in [-0.4, -0.2) is 16.2 Å². The lowest BCUT2D eigenvalue weighted by Crippen LogP contribution is -2.25. The molecule has 1 atom stereocenters. The van der Waals surface area contributed by atoms with E-state index in [1.807, 2.05) is 25.3 Å². The van der Waals surface area contributed by atoms with Crippen molar-refractivity contribution in [3.8, 4) is 11.5 Å². The number of nitrogens with one attached hydrogen (secondary N) is 2. The van der Waals surface area contributed by atoms with Crippen LogP contribution in [0.25, 0.3) is 11.5 Å². The van der Waals surface area contributed by atoms with E-state index < -0.39 is 0 Å². The zero-order chi connectivity index (χ0) is 15.1. The number of furan rings is 1. The summed E-state index contributed by atoms with van der Waals surface area (Å²) in [6.45, 7) is 7.28. The minimum Gasteiger partial charge on any atom is -0.460 e. The highest BCUT2D eigenvalue weighted by atomic mass is 16.3. The van der Waals surface area contributed by atoms with Crippen molar-refractivity contribution in [2.24, 2.45) is 0 Å². The summed E-state index contributed by atoms with van der Waals surface area (Å²) >= 11 is 0. The minimum absolute atomic E-state index is 0.531. The molecule has 2 heterocycles. The first kappa shape index (κ1) is 15.8. The molecule has 0 bridgehead atoms. The molecule has 0 saturated heterocycles. The van der Waals surface area contributed by atoms with Gasteiger partial charge in [-0.2, -0.15) is 5.10 Å². The molecule has 0 aliphatic heterocycles. The largest absolute Gasteiger partial charge is 0.460 e. The molecule has 21 heavy (non-hydrogen) atoms. The number of nitrogens with zero attached hydrogens (tertiary/aromatic N) is 1. The van der Waals surface area contributed by atoms with Gasteiger partial charge in [0.1, 0.15) is 11.5 Å². The first-order chi connectivity index (χ1) is 10.2. The van der Waals surface area contributed by atoms with Gasteiger partial charge < -0.3 is 9.73 Å². The van der Waals surface area contributed by atoms with Gasteiger partial charge >= 0.3 is 0 Å². The van der Waals surface area contributed by atoms with Gasteiger partial charge in [-0.15, -0.1) is 0 Å². The number of rotatable bonds is 9. The normalized spacial score (nSPS) is 12.7. The highest BCUT2D eigenvalue weighted by Crippen LogP contribution is 2.23. The monoisotopic (exact) mass is 289 g/mol. The van der Waals surface area contributed by atoms with Crippen LogP contribution >= 0.6 is 0 Å². The lowest BCUT2D eigenvalue weighted by Gasteiger charge is -2.13. The highest BCUT2D eigenvalue weighted by Gasteiger charge is 2.11. The van der Waals surface area contributed by atoms with E-state index in [1.165, 1.54) is 32.1 Å². The Bertz CT molecular complexity index is 530. The fourth-order valence-electron chi connectivity index (χ4n) is 2.49. The minimum atomic E-state index is 0.531. The van der Waals surface area contributed by atoms with Crippen LogP contribution in [0.5, 0.6) is 0 Å². The fraction of sp³-hybridized carbons (Fsp3) is 0.588. The Morgan fingerprint density at radius 2 is 2.14 bits per heavy atom. The lowest BCUT2D eigenvalue weighted by atomic mass is 10.1. The summed E-state index contributed by atoms with van der Waals surface area (Å²) in [6, 6.07) is 4.49. The van der Waals surface area contributed by atoms with Crippen molar-refractivity contribution in [2.45, 2.75) is 65.5 Å². The summed E-state index contributed by atoms with van der Waals surface area (Å²) in [5.74, 6) is 1.78. The van der Waals surface area contributed by atoms with E-state index in [9.17, 15) is 0 Å². The van der Waals surface area contributed by atoms with Crippen molar-refractivity contribution >= 4 is 0 Å². The van der Waals surface area contributed by atoms with Crippen LogP contribution in [0.15, 0.2) is 22.7 Å². The van der Waals surface area contributed by atoms with Gasteiger partial charge in [0.15, 0.2) is 5.76 Å². The van der Waals surface area contributed by atoms with Gasteiger partial charge in [0.25, 0.3) is 0 Å². The molecule has 0 amide bonds. The number of aromatic amines is 1. The number of unbranched alkanes of at least 4 members (excludes halogenated alkanes) is 3. The maximum atomic E-state index is 5.67. The SMILES string of the molecule is CCCCCCC(C)NCc1cn[nH]c1-c1ccc(C)o1. The van der Waals surface area contributed by atoms with E-state index in [0.717, 1.165) is 29.3 Å². The maximum absolute atomic E-state index is 5.67. The molecule has 0 aliphatic rings. The molecule has 4 heteroatoms. The number of aromatic nitrogens is 2. The average Bonchev–Trinajstić information content (AvgIpc) is 3.09. The molecule has 0 aliphatic carbocycles. The molecule has 2 rings (SSSR count). The summed E-state index contributed by atoms with van der Waals surface area (Å²) in [5.41, 5.74) is 2.14. The molecular weight excluding hydrogens is 262 g/mol. The van der Waals surface area contributed by atoms with E-state index in [1.54, 1.807) is 0 Å². The predicted molar refractivity (Wildman–Crippen MR) is 86.1 cm³/mol. The zero-order valence-electron chi connectivity index (χ0n) is 13.4. The Labute approximate surface area is 127 Å². The van der Waals surface area contributed by atoms with Gasteiger partial charge in [-0.3, -0.25) is 5.10 Å². The summed E-state index contributed by atoms with van der Waals surface area (Å²) < 4.78 is 5.67. The van der Waals surface area contributed by atoms with E-state index in [0.29, 0.717) is 6.04 Å². The van der Waals surface area contributed by atoms with Crippen LogP contribution in [0.3, 0.4) is 0 Å². The number of H-pyrrole nitrogens is 1. The van der Waals surface area contributed by atoms with E-state index in [4.69, 9.17) is 4.42 Å². The quantitative estimate of drug-likeness (QED) is 0.672. The third-order valence-corrected chi connectivity index (χ3v) is 3.84. The third-order valence-electron chi connectivity index (χ3n) is 3.84. The van der Waals surface area contributed by atoms with Crippen LogP contribution in [-0.2, 0) is 6.54 Å². The maximum Gasteiger partial charge on any atom is 0.152 e. The molecule has 0 saturated carbocycles. The molecule has 0 spiro atoms. The van der Waals surface area contributed by atoms with Crippen molar-refractivity contribution in [2.75, 3.05) is 0 Å². The lowest BCUT2D eigenvalue weighted by molar-refractivity contribution is 0.482. The Morgan fingerprint density at radius 3 is 2.86 bits per heavy atom. The number of aryl methyl sites for hydroxylation is 1. The summed E-state index contributed by atoms with van der Waals surface area (Å²) in [5, 5.41) is 10.8. The van der Waals surface area contributed by atoms with Crippen LogP contribution < -0.4 is 5.32 Å². The van der Waals surface area contributed by atoms with E-state index in [2.05, 4.69) is 29.4 Å². The van der Waals surface area contributed by atoms with Gasteiger partial charge in [0.2, 0.25) is 0 Å². The van der Waals surface area contributed by atoms with Crippen LogP contribution in [0.4, 0.5) is 0 Å². The topological polar surface area (TPSA) is 53.9 Å². The molecular formula is C17H27N3O. The Morgan fingerprint density at radius 1 is 1.29 bits per heavy atom. The summed E-state index contributed by atoms with van der Waals surface area (Å²) in [6.07, 6.45) is 8.39. The van der Waals surface area contributed by atoms with Gasteiger partial charge in [-0.1, -0.05) is 32.6 Å². The third kappa shape index (κ3) is 4.74. The van der Waals surface area contributed by atoms with Crippen molar-refractivity contribution in [1.29, 1.82) is 0 Å². The molecule has 2 N–H and O–H groups in total. The van der Waals surface area contributed by atoms with Crippen LogP contribution in [0.2, 0.25) is 0 Å². The van der Waals surface area contributed by atoms with Crippen molar-refractivity contribution < 1.29 is 4.42 Å². The molecule has 0 radical (unpaired) electrons. The van der Waals surface area contributed by atoms with E-state index >= 15 is 0 Å². The van der Waals surface area contributed by atoms with E-state index in [-0.39, 0.29) is 0 Å². The molecule has 0 fully saturated rings. The standard InChI is InChI=1S/C17H27N3O/c1-4-5-6-7-8-13(2)18-11-15-12-19-20-17(15)16-10-9-14(3)21-16/h9-10,12-13,18H,4-8,11H2,1-3H3,(H,19,20). The number of hydrogen-bond donors (Lipinski definition) is 2. The zero-order valence-corrected chi connectivity index (χ0v) is 13.4. The predicted octanol–water partition coefficient (Wildman–Crippen LogP) is 4.43.